The van der Waals surface area contributed by atoms with E-state index in [1.54, 1.807) is 13.0 Å². The van der Waals surface area contributed by atoms with Gasteiger partial charge in [0.15, 0.2) is 0 Å². The summed E-state index contributed by atoms with van der Waals surface area (Å²) in [5.41, 5.74) is 1.26. The first-order valence-corrected chi connectivity index (χ1v) is 4.98. The number of nitrogens with zero attached hydrogens (tertiary/aromatic N) is 2. The van der Waals surface area contributed by atoms with Gasteiger partial charge in [-0.1, -0.05) is 0 Å². The molecule has 0 fully saturated rings. The number of phenolic OH excluding ortho intramolecular Hbond substituents is 1. The van der Waals surface area contributed by atoms with E-state index in [4.69, 9.17) is 4.74 Å². The summed E-state index contributed by atoms with van der Waals surface area (Å²) in [6.07, 6.45) is 1.41. The van der Waals surface area contributed by atoms with Crippen molar-refractivity contribution in [3.63, 3.8) is 0 Å². The Morgan fingerprint density at radius 1 is 1.29 bits per heavy atom. The van der Waals surface area contributed by atoms with E-state index in [1.807, 2.05) is 0 Å². The Morgan fingerprint density at radius 3 is 2.76 bits per heavy atom. The monoisotopic (exact) mass is 234 g/mol. The van der Waals surface area contributed by atoms with Crippen LogP contribution < -0.4 is 4.74 Å². The molecule has 1 N–H and O–H groups in total. The van der Waals surface area contributed by atoms with E-state index in [0.717, 1.165) is 0 Å². The Bertz CT molecular complexity index is 558. The lowest BCUT2D eigenvalue weighted by Gasteiger charge is -2.07. The third-order valence-electron chi connectivity index (χ3n) is 2.44. The smallest absolute Gasteiger partial charge is 0.233 e. The van der Waals surface area contributed by atoms with Gasteiger partial charge < -0.3 is 9.84 Å². The Labute approximate surface area is 97.7 Å². The van der Waals surface area contributed by atoms with Crippen molar-refractivity contribution in [1.29, 1.82) is 0 Å². The number of phenols is 1. The molecule has 0 bridgehead atoms. The number of hydrogen-bond donors (Lipinski definition) is 1. The molecule has 0 unspecified atom stereocenters. The van der Waals surface area contributed by atoms with Gasteiger partial charge in [0.25, 0.3) is 0 Å². The molecule has 0 radical (unpaired) electrons. The lowest BCUT2D eigenvalue weighted by Crippen LogP contribution is -1.93. The molecule has 0 saturated carbocycles. The number of methoxy groups -OCH3 is 1. The van der Waals surface area contributed by atoms with Gasteiger partial charge in [-0.15, -0.1) is 5.10 Å². The van der Waals surface area contributed by atoms with Crippen LogP contribution in [0.2, 0.25) is 0 Å². The zero-order chi connectivity index (χ0) is 12.4. The largest absolute Gasteiger partial charge is 0.508 e. The van der Waals surface area contributed by atoms with Gasteiger partial charge in [0.05, 0.1) is 13.3 Å². The molecular formula is C12H11FN2O2. The quantitative estimate of drug-likeness (QED) is 0.866. The number of rotatable bonds is 2. The number of aryl methyl sites for hydroxylation is 1. The zero-order valence-electron chi connectivity index (χ0n) is 9.44. The molecule has 0 amide bonds. The van der Waals surface area contributed by atoms with Crippen LogP contribution in [-0.2, 0) is 0 Å². The Hall–Kier alpha value is -2.17. The molecule has 0 aliphatic carbocycles. The van der Waals surface area contributed by atoms with Crippen molar-refractivity contribution in [2.45, 2.75) is 6.92 Å². The fourth-order valence-electron chi connectivity index (χ4n) is 1.48. The predicted octanol–water partition coefficient (Wildman–Crippen LogP) is 2.31. The van der Waals surface area contributed by atoms with Gasteiger partial charge in [-0.05, 0) is 24.6 Å². The van der Waals surface area contributed by atoms with Crippen LogP contribution in [-0.4, -0.2) is 22.4 Å². The van der Waals surface area contributed by atoms with Crippen LogP contribution in [0, 0.1) is 12.7 Å². The summed E-state index contributed by atoms with van der Waals surface area (Å²) in [6.45, 7) is 1.63. The van der Waals surface area contributed by atoms with E-state index < -0.39 is 5.82 Å². The highest BCUT2D eigenvalue weighted by Gasteiger charge is 2.10. The van der Waals surface area contributed by atoms with Gasteiger partial charge in [-0.25, -0.2) is 4.39 Å². The molecule has 0 spiro atoms. The zero-order valence-corrected chi connectivity index (χ0v) is 9.44. The van der Waals surface area contributed by atoms with Crippen molar-refractivity contribution in [2.75, 3.05) is 7.11 Å². The molecule has 4 nitrogen and oxygen atoms in total. The molecule has 1 aromatic carbocycles. The molecular weight excluding hydrogens is 223 g/mol. The Balaban J connectivity index is 2.56. The topological polar surface area (TPSA) is 55.2 Å². The molecule has 5 heteroatoms. The summed E-state index contributed by atoms with van der Waals surface area (Å²) in [5.74, 6) is -0.0884. The van der Waals surface area contributed by atoms with Crippen molar-refractivity contribution >= 4 is 0 Å². The fraction of sp³-hybridized carbons (Fsp3) is 0.167. The van der Waals surface area contributed by atoms with Crippen molar-refractivity contribution in [2.24, 2.45) is 0 Å². The van der Waals surface area contributed by atoms with Crippen LogP contribution >= 0.6 is 0 Å². The first-order chi connectivity index (χ1) is 8.11. The summed E-state index contributed by atoms with van der Waals surface area (Å²) in [7, 11) is 1.46. The van der Waals surface area contributed by atoms with E-state index in [2.05, 4.69) is 10.2 Å². The van der Waals surface area contributed by atoms with Gasteiger partial charge in [0, 0.05) is 17.2 Å². The maximum absolute atomic E-state index is 13.8. The van der Waals surface area contributed by atoms with Gasteiger partial charge in [0.2, 0.25) is 5.88 Å². The summed E-state index contributed by atoms with van der Waals surface area (Å²) in [5, 5.41) is 17.0. The Morgan fingerprint density at radius 2 is 2.06 bits per heavy atom. The normalized spacial score (nSPS) is 10.3. The summed E-state index contributed by atoms with van der Waals surface area (Å²) in [4.78, 5) is 0. The highest BCUT2D eigenvalue weighted by atomic mass is 19.1. The summed E-state index contributed by atoms with van der Waals surface area (Å²) < 4.78 is 18.7. The van der Waals surface area contributed by atoms with Gasteiger partial charge in [-0.2, -0.15) is 5.10 Å². The average molecular weight is 234 g/mol. The first kappa shape index (κ1) is 11.3. The summed E-state index contributed by atoms with van der Waals surface area (Å²) in [6, 6.07) is 4.19. The number of aromatic nitrogens is 2. The molecule has 88 valence electrons. The number of halogens is 1. The number of aromatic hydroxyl groups is 1. The molecule has 1 aromatic heterocycles. The van der Waals surface area contributed by atoms with Crippen molar-refractivity contribution in [1.82, 2.24) is 10.2 Å². The SMILES string of the molecule is COc1cc(-c2cc(O)c(C)cc2F)cnn1. The van der Waals surface area contributed by atoms with Crippen LogP contribution in [0.15, 0.2) is 24.4 Å². The standard InChI is InChI=1S/C12H11FN2O2/c1-7-3-10(13)9(5-11(7)16)8-4-12(17-2)15-14-6-8/h3-6,16H,1-2H3. The second kappa shape index (κ2) is 4.37. The van der Waals surface area contributed by atoms with Crippen molar-refractivity contribution < 1.29 is 14.2 Å². The minimum absolute atomic E-state index is 0.0391. The molecule has 2 aromatic rings. The molecule has 17 heavy (non-hydrogen) atoms. The number of benzene rings is 1. The number of hydrogen-bond acceptors (Lipinski definition) is 4. The fourth-order valence-corrected chi connectivity index (χ4v) is 1.48. The van der Waals surface area contributed by atoms with E-state index in [9.17, 15) is 9.50 Å². The van der Waals surface area contributed by atoms with Crippen LogP contribution in [0.4, 0.5) is 4.39 Å². The third kappa shape index (κ3) is 2.18. The summed E-state index contributed by atoms with van der Waals surface area (Å²) >= 11 is 0. The maximum Gasteiger partial charge on any atom is 0.233 e. The lowest BCUT2D eigenvalue weighted by molar-refractivity contribution is 0.392. The van der Waals surface area contributed by atoms with E-state index in [1.165, 1.54) is 25.4 Å². The second-order valence-corrected chi connectivity index (χ2v) is 3.61. The van der Waals surface area contributed by atoms with Crippen LogP contribution in [0.25, 0.3) is 11.1 Å². The maximum atomic E-state index is 13.8. The van der Waals surface area contributed by atoms with Crippen LogP contribution in [0.3, 0.4) is 0 Å². The van der Waals surface area contributed by atoms with Gasteiger partial charge >= 0.3 is 0 Å². The Kier molecular flexibility index (Phi) is 2.91. The number of ether oxygens (including phenoxy) is 1. The van der Waals surface area contributed by atoms with Crippen LogP contribution in [0.1, 0.15) is 5.56 Å². The van der Waals surface area contributed by atoms with Crippen molar-refractivity contribution in [3.05, 3.63) is 35.8 Å². The molecule has 1 heterocycles. The highest BCUT2D eigenvalue weighted by Crippen LogP contribution is 2.29. The second-order valence-electron chi connectivity index (χ2n) is 3.61. The van der Waals surface area contributed by atoms with Gasteiger partial charge in [-0.3, -0.25) is 0 Å². The molecule has 0 aliphatic rings. The third-order valence-corrected chi connectivity index (χ3v) is 2.44. The van der Waals surface area contributed by atoms with E-state index in [-0.39, 0.29) is 11.3 Å². The van der Waals surface area contributed by atoms with Crippen LogP contribution in [0.5, 0.6) is 11.6 Å². The highest BCUT2D eigenvalue weighted by molar-refractivity contribution is 5.66. The molecule has 0 saturated heterocycles. The molecule has 0 atom stereocenters. The lowest BCUT2D eigenvalue weighted by atomic mass is 10.0. The first-order valence-electron chi connectivity index (χ1n) is 4.98. The predicted molar refractivity (Wildman–Crippen MR) is 60.4 cm³/mol. The molecule has 2 rings (SSSR count). The molecule has 0 aliphatic heterocycles. The van der Waals surface area contributed by atoms with E-state index >= 15 is 0 Å². The van der Waals surface area contributed by atoms with Crippen molar-refractivity contribution in [3.8, 4) is 22.8 Å². The minimum Gasteiger partial charge on any atom is -0.508 e. The minimum atomic E-state index is -0.421. The van der Waals surface area contributed by atoms with E-state index in [0.29, 0.717) is 17.0 Å². The van der Waals surface area contributed by atoms with Gasteiger partial charge in [0.1, 0.15) is 11.6 Å². The average Bonchev–Trinajstić information content (AvgIpc) is 2.34.